The maximum atomic E-state index is 8.80. The van der Waals surface area contributed by atoms with E-state index in [9.17, 15) is 0 Å². The fourth-order valence-corrected chi connectivity index (χ4v) is 1.13. The standard InChI is InChI=1S/C9H12O2.C2H6/c1-7-2-8(5-10)4-9(3-7)6-11;1-2/h2-4,10-11H,5-6H2,1H3;1-2H3. The Morgan fingerprint density at radius 1 is 0.923 bits per heavy atom. The molecule has 1 aromatic carbocycles. The van der Waals surface area contributed by atoms with Crippen molar-refractivity contribution in [2.24, 2.45) is 0 Å². The fourth-order valence-electron chi connectivity index (χ4n) is 1.13. The fraction of sp³-hybridized carbons (Fsp3) is 0.455. The largest absolute Gasteiger partial charge is 0.392 e. The summed E-state index contributed by atoms with van der Waals surface area (Å²) in [6.45, 7) is 6.02. The van der Waals surface area contributed by atoms with Crippen molar-refractivity contribution in [2.75, 3.05) is 0 Å². The van der Waals surface area contributed by atoms with E-state index in [4.69, 9.17) is 10.2 Å². The summed E-state index contributed by atoms with van der Waals surface area (Å²) >= 11 is 0. The maximum Gasteiger partial charge on any atom is 0.0682 e. The molecule has 0 aliphatic carbocycles. The summed E-state index contributed by atoms with van der Waals surface area (Å²) in [6.07, 6.45) is 0. The first-order chi connectivity index (χ1) is 6.26. The molecule has 0 aliphatic heterocycles. The topological polar surface area (TPSA) is 40.5 Å². The van der Waals surface area contributed by atoms with E-state index < -0.39 is 0 Å². The van der Waals surface area contributed by atoms with Crippen molar-refractivity contribution in [3.63, 3.8) is 0 Å². The predicted molar refractivity (Wildman–Crippen MR) is 54.4 cm³/mol. The summed E-state index contributed by atoms with van der Waals surface area (Å²) in [7, 11) is 0. The van der Waals surface area contributed by atoms with E-state index in [1.807, 2.05) is 32.9 Å². The number of aliphatic hydroxyl groups is 2. The summed E-state index contributed by atoms with van der Waals surface area (Å²) in [6, 6.07) is 5.60. The molecule has 2 N–H and O–H groups in total. The molecule has 0 heterocycles. The summed E-state index contributed by atoms with van der Waals surface area (Å²) in [5.41, 5.74) is 2.78. The van der Waals surface area contributed by atoms with Crippen LogP contribution in [0.2, 0.25) is 0 Å². The molecule has 0 spiro atoms. The summed E-state index contributed by atoms with van der Waals surface area (Å²) in [5, 5.41) is 17.6. The third-order valence-electron chi connectivity index (χ3n) is 1.56. The second kappa shape index (κ2) is 6.63. The molecular formula is C11H18O2. The number of aliphatic hydroxyl groups excluding tert-OH is 2. The highest BCUT2D eigenvalue weighted by atomic mass is 16.3. The van der Waals surface area contributed by atoms with Gasteiger partial charge in [0, 0.05) is 0 Å². The number of benzene rings is 1. The molecule has 2 nitrogen and oxygen atoms in total. The van der Waals surface area contributed by atoms with E-state index >= 15 is 0 Å². The van der Waals surface area contributed by atoms with Crippen LogP contribution in [0.15, 0.2) is 18.2 Å². The molecule has 1 rings (SSSR count). The van der Waals surface area contributed by atoms with E-state index in [1.165, 1.54) is 0 Å². The molecule has 13 heavy (non-hydrogen) atoms. The van der Waals surface area contributed by atoms with Gasteiger partial charge in [0.25, 0.3) is 0 Å². The van der Waals surface area contributed by atoms with Crippen LogP contribution >= 0.6 is 0 Å². The Kier molecular flexibility index (Phi) is 6.20. The van der Waals surface area contributed by atoms with Crippen LogP contribution in [0.4, 0.5) is 0 Å². The molecule has 0 unspecified atom stereocenters. The van der Waals surface area contributed by atoms with Crippen molar-refractivity contribution in [1.82, 2.24) is 0 Å². The highest BCUT2D eigenvalue weighted by Crippen LogP contribution is 2.09. The molecule has 0 saturated heterocycles. The molecule has 0 atom stereocenters. The highest BCUT2D eigenvalue weighted by molar-refractivity contribution is 5.28. The molecule has 0 aliphatic rings. The SMILES string of the molecule is CC.Cc1cc(CO)cc(CO)c1. The molecule has 0 amide bonds. The van der Waals surface area contributed by atoms with Gasteiger partial charge in [-0.05, 0) is 18.1 Å². The first kappa shape index (κ1) is 12.1. The van der Waals surface area contributed by atoms with Gasteiger partial charge < -0.3 is 10.2 Å². The lowest BCUT2D eigenvalue weighted by Crippen LogP contribution is -1.89. The van der Waals surface area contributed by atoms with Gasteiger partial charge >= 0.3 is 0 Å². The van der Waals surface area contributed by atoms with Gasteiger partial charge in [0.2, 0.25) is 0 Å². The number of rotatable bonds is 2. The van der Waals surface area contributed by atoms with Gasteiger partial charge in [0.1, 0.15) is 0 Å². The van der Waals surface area contributed by atoms with E-state index in [0.717, 1.165) is 16.7 Å². The molecule has 0 aromatic heterocycles. The zero-order valence-electron chi connectivity index (χ0n) is 8.54. The van der Waals surface area contributed by atoms with E-state index in [2.05, 4.69) is 0 Å². The lowest BCUT2D eigenvalue weighted by Gasteiger charge is -2.02. The van der Waals surface area contributed by atoms with E-state index in [1.54, 1.807) is 6.07 Å². The van der Waals surface area contributed by atoms with E-state index in [-0.39, 0.29) is 13.2 Å². The second-order valence-corrected chi connectivity index (χ2v) is 2.64. The van der Waals surface area contributed by atoms with Gasteiger partial charge in [0.15, 0.2) is 0 Å². The van der Waals surface area contributed by atoms with Gasteiger partial charge in [-0.3, -0.25) is 0 Å². The minimum absolute atomic E-state index is 0.0364. The summed E-state index contributed by atoms with van der Waals surface area (Å²) in [4.78, 5) is 0. The lowest BCUT2D eigenvalue weighted by atomic mass is 10.1. The van der Waals surface area contributed by atoms with Crippen LogP contribution in [0.5, 0.6) is 0 Å². The predicted octanol–water partition coefficient (Wildman–Crippen LogP) is 2.01. The van der Waals surface area contributed by atoms with Crippen LogP contribution in [-0.4, -0.2) is 10.2 Å². The Balaban J connectivity index is 0.000000671. The van der Waals surface area contributed by atoms with Crippen molar-refractivity contribution < 1.29 is 10.2 Å². The van der Waals surface area contributed by atoms with Crippen LogP contribution < -0.4 is 0 Å². The molecule has 0 fully saturated rings. The zero-order chi connectivity index (χ0) is 10.3. The number of hydrogen-bond donors (Lipinski definition) is 2. The zero-order valence-corrected chi connectivity index (χ0v) is 8.54. The number of hydrogen-bond acceptors (Lipinski definition) is 2. The highest BCUT2D eigenvalue weighted by Gasteiger charge is 1.95. The number of aryl methyl sites for hydroxylation is 1. The van der Waals surface area contributed by atoms with Gasteiger partial charge in [-0.25, -0.2) is 0 Å². The Bertz CT molecular complexity index is 222. The van der Waals surface area contributed by atoms with Crippen molar-refractivity contribution in [2.45, 2.75) is 34.0 Å². The molecule has 0 radical (unpaired) electrons. The van der Waals surface area contributed by atoms with Crippen LogP contribution in [0.25, 0.3) is 0 Å². The van der Waals surface area contributed by atoms with Crippen molar-refractivity contribution >= 4 is 0 Å². The smallest absolute Gasteiger partial charge is 0.0682 e. The molecule has 0 bridgehead atoms. The third-order valence-corrected chi connectivity index (χ3v) is 1.56. The lowest BCUT2D eigenvalue weighted by molar-refractivity contribution is 0.275. The van der Waals surface area contributed by atoms with Crippen LogP contribution in [0, 0.1) is 6.92 Å². The van der Waals surface area contributed by atoms with Gasteiger partial charge in [-0.1, -0.05) is 37.6 Å². The van der Waals surface area contributed by atoms with Gasteiger partial charge in [0.05, 0.1) is 13.2 Å². The molecule has 74 valence electrons. The van der Waals surface area contributed by atoms with Crippen LogP contribution in [0.3, 0.4) is 0 Å². The van der Waals surface area contributed by atoms with Crippen molar-refractivity contribution in [1.29, 1.82) is 0 Å². The Morgan fingerprint density at radius 2 is 1.31 bits per heavy atom. The van der Waals surface area contributed by atoms with Gasteiger partial charge in [-0.15, -0.1) is 0 Å². The molecule has 1 aromatic rings. The molecule has 2 heteroatoms. The maximum absolute atomic E-state index is 8.80. The monoisotopic (exact) mass is 182 g/mol. The van der Waals surface area contributed by atoms with Gasteiger partial charge in [-0.2, -0.15) is 0 Å². The Labute approximate surface area is 79.9 Å². The Hall–Kier alpha value is -0.860. The average Bonchev–Trinajstić information content (AvgIpc) is 2.20. The molecule has 0 saturated carbocycles. The minimum atomic E-state index is 0.0364. The summed E-state index contributed by atoms with van der Waals surface area (Å²) < 4.78 is 0. The van der Waals surface area contributed by atoms with Crippen LogP contribution in [-0.2, 0) is 13.2 Å². The first-order valence-electron chi connectivity index (χ1n) is 4.57. The minimum Gasteiger partial charge on any atom is -0.392 e. The molecular weight excluding hydrogens is 164 g/mol. The van der Waals surface area contributed by atoms with Crippen molar-refractivity contribution in [3.05, 3.63) is 34.9 Å². The van der Waals surface area contributed by atoms with Crippen LogP contribution in [0.1, 0.15) is 30.5 Å². The average molecular weight is 182 g/mol. The normalized spacial score (nSPS) is 9.00. The van der Waals surface area contributed by atoms with E-state index in [0.29, 0.717) is 0 Å². The third kappa shape index (κ3) is 4.06. The van der Waals surface area contributed by atoms with Crippen molar-refractivity contribution in [3.8, 4) is 0 Å². The quantitative estimate of drug-likeness (QED) is 0.734. The first-order valence-corrected chi connectivity index (χ1v) is 4.57. The second-order valence-electron chi connectivity index (χ2n) is 2.64. The summed E-state index contributed by atoms with van der Waals surface area (Å²) in [5.74, 6) is 0. The Morgan fingerprint density at radius 3 is 1.62 bits per heavy atom.